The van der Waals surface area contributed by atoms with Crippen molar-refractivity contribution in [3.8, 4) is 0 Å². The van der Waals surface area contributed by atoms with Gasteiger partial charge in [0, 0.05) is 0 Å². The van der Waals surface area contributed by atoms with E-state index in [4.69, 9.17) is 4.74 Å². The Kier molecular flexibility index (Phi) is 2.87. The minimum absolute atomic E-state index is 0.133. The third kappa shape index (κ3) is 2.04. The Morgan fingerprint density at radius 3 is 2.62 bits per heavy atom. The minimum Gasteiger partial charge on any atom is -0.460 e. The molecule has 16 heavy (non-hydrogen) atoms. The Bertz CT molecular complexity index is 400. The summed E-state index contributed by atoms with van der Waals surface area (Å²) >= 11 is 0. The summed E-state index contributed by atoms with van der Waals surface area (Å²) in [6.45, 7) is -0.133. The fraction of sp³-hybridized carbons (Fsp3) is 0.273. The van der Waals surface area contributed by atoms with Crippen molar-refractivity contribution in [2.45, 2.75) is 12.2 Å². The van der Waals surface area contributed by atoms with Gasteiger partial charge in [-0.1, -0.05) is 18.2 Å². The van der Waals surface area contributed by atoms with E-state index >= 15 is 0 Å². The second kappa shape index (κ2) is 4.32. The fourth-order valence-corrected chi connectivity index (χ4v) is 1.38. The number of rotatable bonds is 2. The van der Waals surface area contributed by atoms with Crippen LogP contribution < -0.4 is 0 Å². The van der Waals surface area contributed by atoms with Crippen LogP contribution in [-0.2, 0) is 14.3 Å². The average molecular weight is 222 g/mol. The van der Waals surface area contributed by atoms with Crippen molar-refractivity contribution < 1.29 is 24.2 Å². The lowest BCUT2D eigenvalue weighted by atomic mass is 10.2. The quantitative estimate of drug-likeness (QED) is 0.720. The summed E-state index contributed by atoms with van der Waals surface area (Å²) in [5.41, 5.74) is 0.328. The molecule has 0 radical (unpaired) electrons. The van der Waals surface area contributed by atoms with Crippen LogP contribution >= 0.6 is 0 Å². The van der Waals surface area contributed by atoms with Crippen LogP contribution in [0.5, 0.6) is 0 Å². The predicted molar refractivity (Wildman–Crippen MR) is 52.6 cm³/mol. The summed E-state index contributed by atoms with van der Waals surface area (Å²) in [6, 6.07) is 8.25. The van der Waals surface area contributed by atoms with Crippen molar-refractivity contribution in [2.24, 2.45) is 0 Å². The van der Waals surface area contributed by atoms with Crippen molar-refractivity contribution in [1.29, 1.82) is 0 Å². The minimum atomic E-state index is -1.22. The van der Waals surface area contributed by atoms with Crippen LogP contribution in [0.2, 0.25) is 0 Å². The highest BCUT2D eigenvalue weighted by Crippen LogP contribution is 2.13. The van der Waals surface area contributed by atoms with Gasteiger partial charge in [-0.3, -0.25) is 0 Å². The van der Waals surface area contributed by atoms with E-state index in [9.17, 15) is 14.7 Å². The van der Waals surface area contributed by atoms with Crippen LogP contribution in [0.4, 0.5) is 0 Å². The van der Waals surface area contributed by atoms with Crippen LogP contribution in [0, 0.1) is 0 Å². The molecule has 1 aromatic rings. The summed E-state index contributed by atoms with van der Waals surface area (Å²) in [7, 11) is 0. The summed E-state index contributed by atoms with van der Waals surface area (Å²) < 4.78 is 9.41. The van der Waals surface area contributed by atoms with E-state index in [1.165, 1.54) is 0 Å². The largest absolute Gasteiger partial charge is 0.460 e. The molecule has 1 aliphatic heterocycles. The molecule has 5 heteroatoms. The van der Waals surface area contributed by atoms with Gasteiger partial charge in [0.05, 0.1) is 5.56 Å². The van der Waals surface area contributed by atoms with E-state index in [0.29, 0.717) is 5.56 Å². The van der Waals surface area contributed by atoms with Gasteiger partial charge in [-0.15, -0.1) is 0 Å². The van der Waals surface area contributed by atoms with Gasteiger partial charge in [0.1, 0.15) is 12.7 Å². The monoisotopic (exact) mass is 222 g/mol. The van der Waals surface area contributed by atoms with E-state index in [0.717, 1.165) is 0 Å². The first-order valence-electron chi connectivity index (χ1n) is 4.79. The molecule has 84 valence electrons. The number of aliphatic hydroxyl groups excluding tert-OH is 1. The zero-order valence-electron chi connectivity index (χ0n) is 8.33. The lowest BCUT2D eigenvalue weighted by Crippen LogP contribution is -2.32. The standard InChI is InChI=1S/C11H10O5/c12-8-6-15-11(14)9(8)16-10(13)7-4-2-1-3-5-7/h1-5,8-9,12H,6H2. The van der Waals surface area contributed by atoms with E-state index in [2.05, 4.69) is 4.74 Å². The Morgan fingerprint density at radius 2 is 2.06 bits per heavy atom. The topological polar surface area (TPSA) is 72.8 Å². The highest BCUT2D eigenvalue weighted by atomic mass is 16.6. The summed E-state index contributed by atoms with van der Waals surface area (Å²) in [5.74, 6) is -1.36. The second-order valence-electron chi connectivity index (χ2n) is 3.39. The first-order valence-corrected chi connectivity index (χ1v) is 4.79. The molecule has 2 unspecified atom stereocenters. The number of hydrogen-bond donors (Lipinski definition) is 1. The SMILES string of the molecule is O=C(OC1C(=O)OCC1O)c1ccccc1. The van der Waals surface area contributed by atoms with Gasteiger partial charge < -0.3 is 14.6 Å². The predicted octanol–water partition coefficient (Wildman–Crippen LogP) is 0.130. The number of cyclic esters (lactones) is 1. The smallest absolute Gasteiger partial charge is 0.350 e. The second-order valence-corrected chi connectivity index (χ2v) is 3.39. The van der Waals surface area contributed by atoms with Crippen LogP contribution in [0.25, 0.3) is 0 Å². The van der Waals surface area contributed by atoms with Crippen LogP contribution in [0.15, 0.2) is 30.3 Å². The number of benzene rings is 1. The molecular formula is C11H10O5. The van der Waals surface area contributed by atoms with E-state index < -0.39 is 24.1 Å². The van der Waals surface area contributed by atoms with Gasteiger partial charge in [-0.2, -0.15) is 0 Å². The molecule has 1 fully saturated rings. The van der Waals surface area contributed by atoms with Gasteiger partial charge in [0.15, 0.2) is 0 Å². The maximum absolute atomic E-state index is 11.6. The molecule has 1 aromatic carbocycles. The molecular weight excluding hydrogens is 212 g/mol. The summed E-state index contributed by atoms with van der Waals surface area (Å²) in [6.07, 6.45) is -2.30. The number of ether oxygens (including phenoxy) is 2. The maximum atomic E-state index is 11.6. The molecule has 2 rings (SSSR count). The van der Waals surface area contributed by atoms with E-state index in [1.54, 1.807) is 30.3 Å². The Labute approximate surface area is 91.6 Å². The van der Waals surface area contributed by atoms with Crippen molar-refractivity contribution in [2.75, 3.05) is 6.61 Å². The first kappa shape index (κ1) is 10.6. The number of carbonyl (C=O) groups is 2. The third-order valence-corrected chi connectivity index (χ3v) is 2.22. The summed E-state index contributed by atoms with van der Waals surface area (Å²) in [5, 5.41) is 9.33. The fourth-order valence-electron chi connectivity index (χ4n) is 1.38. The van der Waals surface area contributed by atoms with Crippen molar-refractivity contribution >= 4 is 11.9 Å². The zero-order chi connectivity index (χ0) is 11.5. The molecule has 0 amide bonds. The van der Waals surface area contributed by atoms with Crippen LogP contribution in [0.3, 0.4) is 0 Å². The highest BCUT2D eigenvalue weighted by Gasteiger charge is 2.39. The summed E-state index contributed by atoms with van der Waals surface area (Å²) in [4.78, 5) is 22.6. The molecule has 0 aliphatic carbocycles. The van der Waals surface area contributed by atoms with Gasteiger partial charge in [-0.05, 0) is 12.1 Å². The number of carbonyl (C=O) groups excluding carboxylic acids is 2. The number of hydrogen-bond acceptors (Lipinski definition) is 5. The Morgan fingerprint density at radius 1 is 1.38 bits per heavy atom. The zero-order valence-corrected chi connectivity index (χ0v) is 8.33. The number of aliphatic hydroxyl groups is 1. The molecule has 0 saturated carbocycles. The highest BCUT2D eigenvalue weighted by molar-refractivity contribution is 5.91. The van der Waals surface area contributed by atoms with E-state index in [-0.39, 0.29) is 6.61 Å². The normalized spacial score (nSPS) is 23.9. The average Bonchev–Trinajstić information content (AvgIpc) is 2.62. The Balaban J connectivity index is 2.05. The molecule has 5 nitrogen and oxygen atoms in total. The van der Waals surface area contributed by atoms with Crippen molar-refractivity contribution in [3.05, 3.63) is 35.9 Å². The molecule has 0 aromatic heterocycles. The van der Waals surface area contributed by atoms with Crippen molar-refractivity contribution in [3.63, 3.8) is 0 Å². The molecule has 1 saturated heterocycles. The van der Waals surface area contributed by atoms with Gasteiger partial charge in [-0.25, -0.2) is 9.59 Å². The molecule has 0 bridgehead atoms. The number of esters is 2. The Hall–Kier alpha value is -1.88. The van der Waals surface area contributed by atoms with E-state index in [1.807, 2.05) is 0 Å². The lowest BCUT2D eigenvalue weighted by molar-refractivity contribution is -0.145. The van der Waals surface area contributed by atoms with Crippen LogP contribution in [-0.4, -0.2) is 35.9 Å². The van der Waals surface area contributed by atoms with Gasteiger partial charge >= 0.3 is 11.9 Å². The van der Waals surface area contributed by atoms with Crippen LogP contribution in [0.1, 0.15) is 10.4 Å². The maximum Gasteiger partial charge on any atom is 0.350 e. The van der Waals surface area contributed by atoms with Crippen molar-refractivity contribution in [1.82, 2.24) is 0 Å². The first-order chi connectivity index (χ1) is 7.68. The van der Waals surface area contributed by atoms with Gasteiger partial charge in [0.2, 0.25) is 6.10 Å². The third-order valence-electron chi connectivity index (χ3n) is 2.22. The molecule has 0 spiro atoms. The molecule has 1 N–H and O–H groups in total. The lowest BCUT2D eigenvalue weighted by Gasteiger charge is -2.11. The molecule has 1 aliphatic rings. The molecule has 1 heterocycles. The van der Waals surface area contributed by atoms with Gasteiger partial charge in [0.25, 0.3) is 0 Å². The molecule has 2 atom stereocenters.